The minimum atomic E-state index is -0.276. The lowest BCUT2D eigenvalue weighted by atomic mass is 10.2. The molecule has 0 saturated heterocycles. The molecule has 2 aromatic rings. The fourth-order valence-electron chi connectivity index (χ4n) is 1.19. The number of aromatic amines is 1. The van der Waals surface area contributed by atoms with Crippen LogP contribution in [-0.4, -0.2) is 15.9 Å². The number of aromatic nitrogens is 2. The largest absolute Gasteiger partial charge is 0.328 e. The molecule has 16 heavy (non-hydrogen) atoms. The maximum atomic E-state index is 11.7. The molecular weight excluding hydrogens is 206 g/mol. The second-order valence-corrected chi connectivity index (χ2v) is 3.13. The van der Waals surface area contributed by atoms with Gasteiger partial charge in [0.15, 0.2) is 0 Å². The van der Waals surface area contributed by atoms with Gasteiger partial charge in [-0.05, 0) is 18.2 Å². The molecule has 5 nitrogen and oxygen atoms in total. The number of carbonyl (C=O) groups excluding carboxylic acids is 1. The summed E-state index contributed by atoms with van der Waals surface area (Å²) in [7, 11) is 0. The van der Waals surface area contributed by atoms with Gasteiger partial charge >= 0.3 is 0 Å². The zero-order chi connectivity index (χ0) is 11.4. The SMILES string of the molecule is O=C(Nc1ccncc1)c1ccc(=O)[nH]c1. The summed E-state index contributed by atoms with van der Waals surface area (Å²) in [6, 6.07) is 6.14. The Kier molecular flexibility index (Phi) is 2.77. The van der Waals surface area contributed by atoms with Crippen molar-refractivity contribution in [2.45, 2.75) is 0 Å². The van der Waals surface area contributed by atoms with Crippen LogP contribution in [0.2, 0.25) is 0 Å². The van der Waals surface area contributed by atoms with E-state index in [-0.39, 0.29) is 11.5 Å². The monoisotopic (exact) mass is 215 g/mol. The Morgan fingerprint density at radius 1 is 1.19 bits per heavy atom. The van der Waals surface area contributed by atoms with Gasteiger partial charge in [0.25, 0.3) is 5.91 Å². The number of anilines is 1. The molecule has 2 heterocycles. The Morgan fingerprint density at radius 3 is 2.56 bits per heavy atom. The van der Waals surface area contributed by atoms with Crippen molar-refractivity contribution in [3.63, 3.8) is 0 Å². The van der Waals surface area contributed by atoms with E-state index in [9.17, 15) is 9.59 Å². The van der Waals surface area contributed by atoms with Crippen molar-refractivity contribution in [3.05, 3.63) is 58.8 Å². The predicted octanol–water partition coefficient (Wildman–Crippen LogP) is 1.02. The van der Waals surface area contributed by atoms with Crippen molar-refractivity contribution in [1.29, 1.82) is 0 Å². The molecule has 0 unspecified atom stereocenters. The number of carbonyl (C=O) groups is 1. The van der Waals surface area contributed by atoms with Crippen LogP contribution in [0.5, 0.6) is 0 Å². The molecule has 5 heteroatoms. The van der Waals surface area contributed by atoms with Crippen molar-refractivity contribution >= 4 is 11.6 Å². The van der Waals surface area contributed by atoms with Gasteiger partial charge in [0.2, 0.25) is 5.56 Å². The molecule has 0 aromatic carbocycles. The van der Waals surface area contributed by atoms with Crippen LogP contribution in [-0.2, 0) is 0 Å². The Bertz CT molecular complexity index is 528. The van der Waals surface area contributed by atoms with Gasteiger partial charge in [-0.2, -0.15) is 0 Å². The highest BCUT2D eigenvalue weighted by Crippen LogP contribution is 2.05. The summed E-state index contributed by atoms with van der Waals surface area (Å²) >= 11 is 0. The minimum Gasteiger partial charge on any atom is -0.328 e. The van der Waals surface area contributed by atoms with Gasteiger partial charge in [-0.3, -0.25) is 14.6 Å². The van der Waals surface area contributed by atoms with Gasteiger partial charge in [-0.15, -0.1) is 0 Å². The van der Waals surface area contributed by atoms with Gasteiger partial charge in [0.1, 0.15) is 0 Å². The fourth-order valence-corrected chi connectivity index (χ4v) is 1.19. The molecule has 1 amide bonds. The summed E-state index contributed by atoms with van der Waals surface area (Å²) in [4.78, 5) is 28.8. The van der Waals surface area contributed by atoms with E-state index in [0.29, 0.717) is 11.3 Å². The van der Waals surface area contributed by atoms with Crippen LogP contribution in [0.15, 0.2) is 47.7 Å². The summed E-state index contributed by atoms with van der Waals surface area (Å²) in [5, 5.41) is 2.68. The van der Waals surface area contributed by atoms with Crippen molar-refractivity contribution in [1.82, 2.24) is 9.97 Å². The quantitative estimate of drug-likeness (QED) is 0.785. The van der Waals surface area contributed by atoms with E-state index < -0.39 is 0 Å². The molecule has 0 fully saturated rings. The summed E-state index contributed by atoms with van der Waals surface area (Å²) in [5.41, 5.74) is 0.822. The highest BCUT2D eigenvalue weighted by Gasteiger charge is 2.04. The second kappa shape index (κ2) is 4.39. The zero-order valence-corrected chi connectivity index (χ0v) is 8.31. The van der Waals surface area contributed by atoms with E-state index in [1.54, 1.807) is 24.5 Å². The average Bonchev–Trinajstić information content (AvgIpc) is 2.31. The first kappa shape index (κ1) is 10.1. The Hall–Kier alpha value is -2.43. The number of nitrogens with one attached hydrogen (secondary N) is 2. The number of nitrogens with zero attached hydrogens (tertiary/aromatic N) is 1. The van der Waals surface area contributed by atoms with Crippen molar-refractivity contribution in [2.75, 3.05) is 5.32 Å². The third-order valence-corrected chi connectivity index (χ3v) is 1.98. The molecular formula is C11H9N3O2. The summed E-state index contributed by atoms with van der Waals surface area (Å²) < 4.78 is 0. The fraction of sp³-hybridized carbons (Fsp3) is 0. The maximum Gasteiger partial charge on any atom is 0.257 e. The lowest BCUT2D eigenvalue weighted by Crippen LogP contribution is -2.14. The molecule has 0 atom stereocenters. The molecule has 0 aliphatic rings. The van der Waals surface area contributed by atoms with E-state index in [0.717, 1.165) is 0 Å². The molecule has 0 bridgehead atoms. The molecule has 0 aliphatic carbocycles. The molecule has 0 radical (unpaired) electrons. The zero-order valence-electron chi connectivity index (χ0n) is 8.31. The topological polar surface area (TPSA) is 74.8 Å². The van der Waals surface area contributed by atoms with Gasteiger partial charge in [-0.25, -0.2) is 0 Å². The predicted molar refractivity (Wildman–Crippen MR) is 59.3 cm³/mol. The van der Waals surface area contributed by atoms with Crippen molar-refractivity contribution in [3.8, 4) is 0 Å². The standard InChI is InChI=1S/C11H9N3O2/c15-10-2-1-8(7-13-10)11(16)14-9-3-5-12-6-4-9/h1-7H,(H,13,15)(H,12,14,16). The number of amides is 1. The summed E-state index contributed by atoms with van der Waals surface area (Å²) in [6.07, 6.45) is 4.55. The second-order valence-electron chi connectivity index (χ2n) is 3.13. The normalized spacial score (nSPS) is 9.75. The van der Waals surface area contributed by atoms with E-state index in [2.05, 4.69) is 15.3 Å². The Balaban J connectivity index is 2.15. The smallest absolute Gasteiger partial charge is 0.257 e. The van der Waals surface area contributed by atoms with Crippen LogP contribution >= 0.6 is 0 Å². The highest BCUT2D eigenvalue weighted by molar-refractivity contribution is 6.03. The lowest BCUT2D eigenvalue weighted by Gasteiger charge is -2.03. The number of H-pyrrole nitrogens is 1. The van der Waals surface area contributed by atoms with E-state index in [1.807, 2.05) is 0 Å². The van der Waals surface area contributed by atoms with Crippen LogP contribution < -0.4 is 10.9 Å². The van der Waals surface area contributed by atoms with Gasteiger partial charge in [0.05, 0.1) is 5.56 Å². The van der Waals surface area contributed by atoms with E-state index >= 15 is 0 Å². The summed E-state index contributed by atoms with van der Waals surface area (Å²) in [6.45, 7) is 0. The molecule has 80 valence electrons. The minimum absolute atomic E-state index is 0.236. The molecule has 0 aliphatic heterocycles. The number of hydrogen-bond acceptors (Lipinski definition) is 3. The first-order valence-corrected chi connectivity index (χ1v) is 4.66. The Morgan fingerprint density at radius 2 is 1.94 bits per heavy atom. The third kappa shape index (κ3) is 2.33. The molecule has 2 aromatic heterocycles. The van der Waals surface area contributed by atoms with Crippen LogP contribution in [0.4, 0.5) is 5.69 Å². The first-order chi connectivity index (χ1) is 7.75. The van der Waals surface area contributed by atoms with Gasteiger partial charge < -0.3 is 10.3 Å². The Labute approximate surface area is 91.2 Å². The van der Waals surface area contributed by atoms with Crippen LogP contribution in [0.3, 0.4) is 0 Å². The molecule has 0 saturated carbocycles. The van der Waals surface area contributed by atoms with Crippen LogP contribution in [0, 0.1) is 0 Å². The summed E-state index contributed by atoms with van der Waals surface area (Å²) in [5.74, 6) is -0.276. The van der Waals surface area contributed by atoms with Crippen molar-refractivity contribution < 1.29 is 4.79 Å². The molecule has 0 spiro atoms. The number of hydrogen-bond donors (Lipinski definition) is 2. The molecule has 2 N–H and O–H groups in total. The van der Waals surface area contributed by atoms with Gasteiger partial charge in [-0.1, -0.05) is 0 Å². The highest BCUT2D eigenvalue weighted by atomic mass is 16.1. The first-order valence-electron chi connectivity index (χ1n) is 4.66. The van der Waals surface area contributed by atoms with Crippen LogP contribution in [0.1, 0.15) is 10.4 Å². The van der Waals surface area contributed by atoms with Gasteiger partial charge in [0, 0.05) is 30.3 Å². The van der Waals surface area contributed by atoms with Crippen LogP contribution in [0.25, 0.3) is 0 Å². The molecule has 2 rings (SSSR count). The number of pyridine rings is 2. The van der Waals surface area contributed by atoms with Crippen molar-refractivity contribution in [2.24, 2.45) is 0 Å². The average molecular weight is 215 g/mol. The lowest BCUT2D eigenvalue weighted by molar-refractivity contribution is 0.102. The maximum absolute atomic E-state index is 11.7. The van der Waals surface area contributed by atoms with E-state index in [4.69, 9.17) is 0 Å². The third-order valence-electron chi connectivity index (χ3n) is 1.98. The number of rotatable bonds is 2. The van der Waals surface area contributed by atoms with E-state index in [1.165, 1.54) is 18.3 Å².